The minimum Gasteiger partial charge on any atom is -0.492 e. The zero-order chi connectivity index (χ0) is 13.6. The minimum atomic E-state index is -4.40. The van der Waals surface area contributed by atoms with Gasteiger partial charge in [-0.25, -0.2) is 0 Å². The van der Waals surface area contributed by atoms with Gasteiger partial charge in [-0.3, -0.25) is 0 Å². The van der Waals surface area contributed by atoms with Crippen molar-refractivity contribution >= 4 is 15.9 Å². The van der Waals surface area contributed by atoms with Crippen molar-refractivity contribution < 1.29 is 17.9 Å². The first-order valence-corrected chi connectivity index (χ1v) is 6.44. The molecule has 2 nitrogen and oxygen atoms in total. The molecule has 0 heterocycles. The van der Waals surface area contributed by atoms with Crippen LogP contribution in [0.3, 0.4) is 0 Å². The maximum Gasteiger partial charge on any atom is 0.419 e. The molecule has 0 radical (unpaired) electrons. The van der Waals surface area contributed by atoms with Crippen molar-refractivity contribution in [2.75, 3.05) is 19.7 Å². The topological polar surface area (TPSA) is 21.3 Å². The Labute approximate surface area is 113 Å². The monoisotopic (exact) mass is 325 g/mol. The molecule has 0 aliphatic heterocycles. The first-order valence-electron chi connectivity index (χ1n) is 5.65. The zero-order valence-corrected chi connectivity index (χ0v) is 11.6. The third kappa shape index (κ3) is 4.86. The Bertz CT molecular complexity index is 382. The van der Waals surface area contributed by atoms with E-state index in [1.54, 1.807) is 0 Å². The second-order valence-corrected chi connectivity index (χ2v) is 4.65. The highest BCUT2D eigenvalue weighted by Crippen LogP contribution is 2.37. The summed E-state index contributed by atoms with van der Waals surface area (Å²) >= 11 is 3.13. The molecule has 0 fully saturated rings. The zero-order valence-electron chi connectivity index (χ0n) is 9.98. The van der Waals surface area contributed by atoms with E-state index >= 15 is 0 Å². The number of halogens is 4. The average Bonchev–Trinajstić information content (AvgIpc) is 2.27. The van der Waals surface area contributed by atoms with Crippen molar-refractivity contribution in [2.45, 2.75) is 19.5 Å². The van der Waals surface area contributed by atoms with Crippen molar-refractivity contribution in [3.8, 4) is 5.75 Å². The van der Waals surface area contributed by atoms with E-state index in [4.69, 9.17) is 4.74 Å². The molecule has 0 aliphatic rings. The first-order chi connectivity index (χ1) is 8.45. The van der Waals surface area contributed by atoms with Gasteiger partial charge in [0.1, 0.15) is 12.4 Å². The summed E-state index contributed by atoms with van der Waals surface area (Å²) in [5, 5.41) is 3.06. The summed E-state index contributed by atoms with van der Waals surface area (Å²) in [5.41, 5.74) is -0.749. The van der Waals surface area contributed by atoms with E-state index in [1.165, 1.54) is 12.1 Å². The van der Waals surface area contributed by atoms with E-state index in [9.17, 15) is 13.2 Å². The number of rotatable bonds is 6. The Morgan fingerprint density at radius 2 is 2.00 bits per heavy atom. The Morgan fingerprint density at radius 1 is 1.28 bits per heavy atom. The molecule has 0 aromatic heterocycles. The van der Waals surface area contributed by atoms with Gasteiger partial charge in [0, 0.05) is 11.0 Å². The predicted molar refractivity (Wildman–Crippen MR) is 67.8 cm³/mol. The van der Waals surface area contributed by atoms with Crippen molar-refractivity contribution in [3.63, 3.8) is 0 Å². The highest BCUT2D eigenvalue weighted by atomic mass is 79.9. The van der Waals surface area contributed by atoms with Crippen LogP contribution in [0.1, 0.15) is 18.9 Å². The summed E-state index contributed by atoms with van der Waals surface area (Å²) < 4.78 is 43.8. The molecule has 1 aromatic carbocycles. The molecule has 1 rings (SSSR count). The van der Waals surface area contributed by atoms with Crippen LogP contribution in [0.5, 0.6) is 5.75 Å². The molecule has 1 N–H and O–H groups in total. The quantitative estimate of drug-likeness (QED) is 0.802. The summed E-state index contributed by atoms with van der Waals surface area (Å²) in [6.07, 6.45) is -3.42. The lowest BCUT2D eigenvalue weighted by molar-refractivity contribution is -0.138. The SMILES string of the molecule is CCCNCCOc1cc(Br)ccc1C(F)(F)F. The van der Waals surface area contributed by atoms with Gasteiger partial charge >= 0.3 is 6.18 Å². The molecule has 102 valence electrons. The summed E-state index contributed by atoms with van der Waals surface area (Å²) in [6, 6.07) is 3.70. The van der Waals surface area contributed by atoms with Gasteiger partial charge in [0.2, 0.25) is 0 Å². The van der Waals surface area contributed by atoms with E-state index in [0.29, 0.717) is 11.0 Å². The number of alkyl halides is 3. The van der Waals surface area contributed by atoms with E-state index in [2.05, 4.69) is 21.2 Å². The number of benzene rings is 1. The molecule has 0 aliphatic carbocycles. The molecule has 18 heavy (non-hydrogen) atoms. The van der Waals surface area contributed by atoms with E-state index in [-0.39, 0.29) is 12.4 Å². The maximum atomic E-state index is 12.7. The van der Waals surface area contributed by atoms with E-state index in [0.717, 1.165) is 19.0 Å². The molecule has 6 heteroatoms. The predicted octanol–water partition coefficient (Wildman–Crippen LogP) is 3.85. The molecule has 0 bridgehead atoms. The van der Waals surface area contributed by atoms with Crippen molar-refractivity contribution in [1.82, 2.24) is 5.32 Å². The average molecular weight is 326 g/mol. The molecule has 0 unspecified atom stereocenters. The molecule has 0 atom stereocenters. The third-order valence-electron chi connectivity index (χ3n) is 2.21. The Balaban J connectivity index is 2.65. The first kappa shape index (κ1) is 15.3. The van der Waals surface area contributed by atoms with Crippen LogP contribution in [0.4, 0.5) is 13.2 Å². The summed E-state index contributed by atoms with van der Waals surface area (Å²) in [4.78, 5) is 0. The van der Waals surface area contributed by atoms with Gasteiger partial charge < -0.3 is 10.1 Å². The van der Waals surface area contributed by atoms with Crippen LogP contribution >= 0.6 is 15.9 Å². The highest BCUT2D eigenvalue weighted by molar-refractivity contribution is 9.10. The molecule has 0 saturated heterocycles. The molecule has 1 aromatic rings. The number of hydrogen-bond donors (Lipinski definition) is 1. The summed E-state index contributed by atoms with van der Waals surface area (Å²) in [7, 11) is 0. The lowest BCUT2D eigenvalue weighted by atomic mass is 10.2. The number of ether oxygens (including phenoxy) is 1. The fourth-order valence-electron chi connectivity index (χ4n) is 1.38. The van der Waals surface area contributed by atoms with Crippen molar-refractivity contribution in [1.29, 1.82) is 0 Å². The minimum absolute atomic E-state index is 0.143. The van der Waals surface area contributed by atoms with Crippen molar-refractivity contribution in [3.05, 3.63) is 28.2 Å². The molecule has 0 spiro atoms. The Hall–Kier alpha value is -0.750. The molecular weight excluding hydrogens is 311 g/mol. The lowest BCUT2D eigenvalue weighted by Crippen LogP contribution is -2.22. The summed E-state index contributed by atoms with van der Waals surface area (Å²) in [6.45, 7) is 3.58. The van der Waals surface area contributed by atoms with Gasteiger partial charge in [-0.2, -0.15) is 13.2 Å². The molecular formula is C12H15BrF3NO. The van der Waals surface area contributed by atoms with E-state index in [1.807, 2.05) is 6.92 Å². The standard InChI is InChI=1S/C12H15BrF3NO/c1-2-5-17-6-7-18-11-8-9(13)3-4-10(11)12(14,15)16/h3-4,8,17H,2,5-7H2,1H3. The van der Waals surface area contributed by atoms with Gasteiger partial charge in [-0.15, -0.1) is 0 Å². The Kier molecular flexibility index (Phi) is 5.95. The van der Waals surface area contributed by atoms with Crippen LogP contribution in [0.15, 0.2) is 22.7 Å². The number of hydrogen-bond acceptors (Lipinski definition) is 2. The van der Waals surface area contributed by atoms with Crippen LogP contribution in [-0.4, -0.2) is 19.7 Å². The number of nitrogens with one attached hydrogen (secondary N) is 1. The van der Waals surface area contributed by atoms with Crippen LogP contribution in [0.2, 0.25) is 0 Å². The van der Waals surface area contributed by atoms with Crippen LogP contribution in [0.25, 0.3) is 0 Å². The fourth-order valence-corrected chi connectivity index (χ4v) is 1.72. The Morgan fingerprint density at radius 3 is 2.61 bits per heavy atom. The second kappa shape index (κ2) is 6.99. The van der Waals surface area contributed by atoms with Crippen LogP contribution < -0.4 is 10.1 Å². The smallest absolute Gasteiger partial charge is 0.419 e. The normalized spacial score (nSPS) is 11.6. The van der Waals surface area contributed by atoms with E-state index < -0.39 is 11.7 Å². The van der Waals surface area contributed by atoms with Crippen LogP contribution in [0, 0.1) is 0 Å². The van der Waals surface area contributed by atoms with Gasteiger partial charge in [-0.1, -0.05) is 22.9 Å². The van der Waals surface area contributed by atoms with Crippen LogP contribution in [-0.2, 0) is 6.18 Å². The molecule has 0 saturated carbocycles. The highest BCUT2D eigenvalue weighted by Gasteiger charge is 2.34. The summed E-state index contributed by atoms with van der Waals surface area (Å²) in [5.74, 6) is -0.143. The van der Waals surface area contributed by atoms with Gasteiger partial charge in [0.15, 0.2) is 0 Å². The maximum absolute atomic E-state index is 12.7. The van der Waals surface area contributed by atoms with Crippen molar-refractivity contribution in [2.24, 2.45) is 0 Å². The van der Waals surface area contributed by atoms with Gasteiger partial charge in [0.05, 0.1) is 5.56 Å². The van der Waals surface area contributed by atoms with Gasteiger partial charge in [0.25, 0.3) is 0 Å². The second-order valence-electron chi connectivity index (χ2n) is 3.74. The fraction of sp³-hybridized carbons (Fsp3) is 0.500. The third-order valence-corrected chi connectivity index (χ3v) is 2.71. The van der Waals surface area contributed by atoms with Gasteiger partial charge in [-0.05, 0) is 31.2 Å². The lowest BCUT2D eigenvalue weighted by Gasteiger charge is -2.14. The molecule has 0 amide bonds. The largest absolute Gasteiger partial charge is 0.492 e.